The number of carbonyl (C=O) groups is 1. The SMILES string of the molecule is CC(=O)Oc1c(-c2ccccc2)[nH][n+]2ccccc2c1=O. The van der Waals surface area contributed by atoms with Crippen molar-refractivity contribution in [2.75, 3.05) is 0 Å². The van der Waals surface area contributed by atoms with Crippen LogP contribution in [0.4, 0.5) is 0 Å². The first-order chi connectivity index (χ1) is 10.2. The van der Waals surface area contributed by atoms with Gasteiger partial charge in [0, 0.05) is 24.6 Å². The van der Waals surface area contributed by atoms with Gasteiger partial charge in [-0.1, -0.05) is 34.8 Å². The van der Waals surface area contributed by atoms with Gasteiger partial charge in [0.1, 0.15) is 0 Å². The maximum absolute atomic E-state index is 12.5. The van der Waals surface area contributed by atoms with Crippen LogP contribution in [0.25, 0.3) is 16.8 Å². The van der Waals surface area contributed by atoms with Gasteiger partial charge in [-0.15, -0.1) is 0 Å². The third-order valence-corrected chi connectivity index (χ3v) is 3.07. The first kappa shape index (κ1) is 13.1. The van der Waals surface area contributed by atoms with Crippen molar-refractivity contribution in [3.05, 3.63) is 65.0 Å². The number of ether oxygens (including phenoxy) is 1. The van der Waals surface area contributed by atoms with E-state index in [2.05, 4.69) is 5.10 Å². The number of carbonyl (C=O) groups excluding carboxylic acids is 1. The average molecular weight is 281 g/mol. The van der Waals surface area contributed by atoms with Crippen molar-refractivity contribution in [3.63, 3.8) is 0 Å². The van der Waals surface area contributed by atoms with Gasteiger partial charge in [-0.25, -0.2) is 0 Å². The van der Waals surface area contributed by atoms with E-state index < -0.39 is 5.97 Å². The molecule has 0 saturated heterocycles. The summed E-state index contributed by atoms with van der Waals surface area (Å²) in [5.41, 5.74) is 1.32. The lowest BCUT2D eigenvalue weighted by molar-refractivity contribution is -0.580. The second kappa shape index (κ2) is 5.20. The van der Waals surface area contributed by atoms with Crippen molar-refractivity contribution in [2.24, 2.45) is 0 Å². The lowest BCUT2D eigenvalue weighted by Gasteiger charge is -2.06. The fraction of sp³-hybridized carbons (Fsp3) is 0.0625. The van der Waals surface area contributed by atoms with Crippen molar-refractivity contribution in [1.29, 1.82) is 0 Å². The van der Waals surface area contributed by atoms with Crippen LogP contribution in [-0.4, -0.2) is 11.1 Å². The zero-order chi connectivity index (χ0) is 14.8. The Morgan fingerprint density at radius 1 is 1.10 bits per heavy atom. The first-order valence-corrected chi connectivity index (χ1v) is 6.47. The van der Waals surface area contributed by atoms with Crippen LogP contribution in [0.15, 0.2) is 59.5 Å². The highest BCUT2D eigenvalue weighted by molar-refractivity contribution is 5.75. The van der Waals surface area contributed by atoms with Gasteiger partial charge in [-0.05, 0) is 6.07 Å². The third-order valence-electron chi connectivity index (χ3n) is 3.07. The minimum absolute atomic E-state index is 0.0138. The minimum atomic E-state index is -0.530. The summed E-state index contributed by atoms with van der Waals surface area (Å²) in [6.07, 6.45) is 1.74. The molecule has 0 fully saturated rings. The van der Waals surface area contributed by atoms with Crippen LogP contribution < -0.4 is 14.7 Å². The van der Waals surface area contributed by atoms with Gasteiger partial charge >= 0.3 is 5.97 Å². The number of esters is 1. The van der Waals surface area contributed by atoms with Gasteiger partial charge in [0.05, 0.1) is 0 Å². The molecule has 3 aromatic rings. The molecule has 0 amide bonds. The Labute approximate surface area is 120 Å². The highest BCUT2D eigenvalue weighted by atomic mass is 16.5. The number of hydrogen-bond acceptors (Lipinski definition) is 3. The zero-order valence-corrected chi connectivity index (χ0v) is 11.4. The summed E-state index contributed by atoms with van der Waals surface area (Å²) >= 11 is 0. The third kappa shape index (κ3) is 2.41. The molecule has 3 rings (SSSR count). The normalized spacial score (nSPS) is 10.5. The van der Waals surface area contributed by atoms with Crippen molar-refractivity contribution in [2.45, 2.75) is 6.92 Å². The van der Waals surface area contributed by atoms with E-state index in [4.69, 9.17) is 4.74 Å². The van der Waals surface area contributed by atoms with Crippen LogP contribution in [0.2, 0.25) is 0 Å². The molecular formula is C16H13N2O3+. The number of pyridine rings is 1. The zero-order valence-electron chi connectivity index (χ0n) is 11.4. The van der Waals surface area contributed by atoms with E-state index >= 15 is 0 Å². The van der Waals surface area contributed by atoms with Gasteiger partial charge in [-0.3, -0.25) is 9.59 Å². The van der Waals surface area contributed by atoms with Gasteiger partial charge in [0.2, 0.25) is 11.9 Å². The van der Waals surface area contributed by atoms with Crippen molar-refractivity contribution in [1.82, 2.24) is 5.10 Å². The molecule has 2 aromatic heterocycles. The van der Waals surface area contributed by atoms with Crippen LogP contribution in [0.5, 0.6) is 5.75 Å². The lowest BCUT2D eigenvalue weighted by atomic mass is 10.1. The molecule has 0 unspecified atom stereocenters. The molecular weight excluding hydrogens is 268 g/mol. The Morgan fingerprint density at radius 3 is 2.52 bits per heavy atom. The number of aromatic nitrogens is 2. The van der Waals surface area contributed by atoms with Crippen LogP contribution in [-0.2, 0) is 4.79 Å². The molecule has 104 valence electrons. The molecule has 2 heterocycles. The number of fused-ring (bicyclic) bond motifs is 1. The number of nitrogens with one attached hydrogen (secondary N) is 1. The molecule has 0 aliphatic rings. The number of benzene rings is 1. The maximum Gasteiger partial charge on any atom is 0.308 e. The molecule has 5 heteroatoms. The molecule has 0 aliphatic heterocycles. The Kier molecular flexibility index (Phi) is 3.23. The lowest BCUT2D eigenvalue weighted by Crippen LogP contribution is -2.33. The van der Waals surface area contributed by atoms with Gasteiger partial charge in [0.25, 0.3) is 10.9 Å². The molecule has 0 atom stereocenters. The molecule has 1 N–H and O–H groups in total. The molecule has 0 radical (unpaired) electrons. The molecule has 1 aromatic carbocycles. The van der Waals surface area contributed by atoms with Gasteiger partial charge < -0.3 is 4.74 Å². The van der Waals surface area contributed by atoms with E-state index in [1.165, 1.54) is 6.92 Å². The molecule has 0 aliphatic carbocycles. The minimum Gasteiger partial charge on any atom is -0.420 e. The van der Waals surface area contributed by atoms with Crippen LogP contribution in [0.3, 0.4) is 0 Å². The van der Waals surface area contributed by atoms with E-state index in [1.54, 1.807) is 22.8 Å². The number of hydrogen-bond donors (Lipinski definition) is 1. The quantitative estimate of drug-likeness (QED) is 0.574. The summed E-state index contributed by atoms with van der Waals surface area (Å²) < 4.78 is 6.75. The van der Waals surface area contributed by atoms with Crippen LogP contribution in [0.1, 0.15) is 6.92 Å². The second-order valence-electron chi connectivity index (χ2n) is 4.56. The number of rotatable bonds is 2. The Bertz CT molecular complexity index is 870. The monoisotopic (exact) mass is 281 g/mol. The largest absolute Gasteiger partial charge is 0.420 e. The maximum atomic E-state index is 12.5. The second-order valence-corrected chi connectivity index (χ2v) is 4.56. The standard InChI is InChI=1S/C16H12N2O3/c1-11(19)21-16-14(12-7-3-2-4-8-12)17-18-10-6-5-9-13(18)15(16)20/h2-10H,1H3/p+1. The van der Waals surface area contributed by atoms with E-state index in [1.807, 2.05) is 36.4 Å². The predicted molar refractivity (Wildman–Crippen MR) is 77.0 cm³/mol. The molecule has 21 heavy (non-hydrogen) atoms. The van der Waals surface area contributed by atoms with Gasteiger partial charge in [0.15, 0.2) is 5.69 Å². The summed E-state index contributed by atoms with van der Waals surface area (Å²) in [5.74, 6) is -0.516. The Morgan fingerprint density at radius 2 is 1.81 bits per heavy atom. The number of H-pyrrole nitrogens is 1. The summed E-state index contributed by atoms with van der Waals surface area (Å²) in [5, 5.41) is 3.10. The summed E-state index contributed by atoms with van der Waals surface area (Å²) in [6, 6.07) is 14.5. The highest BCUT2D eigenvalue weighted by Crippen LogP contribution is 2.23. The molecule has 0 saturated carbocycles. The van der Waals surface area contributed by atoms with Crippen molar-refractivity contribution in [3.8, 4) is 17.0 Å². The Balaban J connectivity index is 2.36. The van der Waals surface area contributed by atoms with E-state index in [0.717, 1.165) is 5.56 Å². The number of aromatic amines is 1. The van der Waals surface area contributed by atoms with Crippen LogP contribution in [0, 0.1) is 0 Å². The average Bonchev–Trinajstić information content (AvgIpc) is 2.50. The summed E-state index contributed by atoms with van der Waals surface area (Å²) in [6.45, 7) is 1.27. The van der Waals surface area contributed by atoms with E-state index in [0.29, 0.717) is 11.2 Å². The van der Waals surface area contributed by atoms with Crippen molar-refractivity contribution < 1.29 is 14.0 Å². The molecule has 0 spiro atoms. The fourth-order valence-electron chi connectivity index (χ4n) is 2.17. The topological polar surface area (TPSA) is 63.3 Å². The van der Waals surface area contributed by atoms with E-state index in [9.17, 15) is 9.59 Å². The van der Waals surface area contributed by atoms with E-state index in [-0.39, 0.29) is 11.2 Å². The predicted octanol–water partition coefficient (Wildman–Crippen LogP) is 1.71. The summed E-state index contributed by atoms with van der Waals surface area (Å²) in [7, 11) is 0. The fourth-order valence-corrected chi connectivity index (χ4v) is 2.17. The molecule has 0 bridgehead atoms. The van der Waals surface area contributed by atoms with Crippen LogP contribution >= 0.6 is 0 Å². The van der Waals surface area contributed by atoms with Crippen molar-refractivity contribution >= 4 is 11.5 Å². The number of nitrogens with zero attached hydrogens (tertiary/aromatic N) is 1. The molecule has 5 nitrogen and oxygen atoms in total. The summed E-state index contributed by atoms with van der Waals surface area (Å²) in [4.78, 5) is 23.8. The first-order valence-electron chi connectivity index (χ1n) is 6.47. The Hall–Kier alpha value is -2.95. The van der Waals surface area contributed by atoms with Gasteiger partial charge in [-0.2, -0.15) is 5.10 Å². The highest BCUT2D eigenvalue weighted by Gasteiger charge is 2.21. The smallest absolute Gasteiger partial charge is 0.308 e.